The minimum Gasteiger partial charge on any atom is -0.480 e. The fourth-order valence-electron chi connectivity index (χ4n) is 6.08. The van der Waals surface area contributed by atoms with E-state index in [-0.39, 0.29) is 11.3 Å². The Hall–Kier alpha value is -1.06. The molecule has 21 heavy (non-hydrogen) atoms. The molecule has 1 amide bonds. The fourth-order valence-corrected chi connectivity index (χ4v) is 6.08. The quantitative estimate of drug-likeness (QED) is 0.837. The first-order valence-electron chi connectivity index (χ1n) is 8.53. The average molecular weight is 291 g/mol. The smallest absolute Gasteiger partial charge is 0.329 e. The van der Waals surface area contributed by atoms with E-state index in [2.05, 4.69) is 5.32 Å². The van der Waals surface area contributed by atoms with E-state index in [9.17, 15) is 14.7 Å². The molecule has 5 rings (SSSR count). The number of carboxylic acids is 1. The van der Waals surface area contributed by atoms with Crippen molar-refractivity contribution in [2.45, 2.75) is 69.7 Å². The number of carbonyl (C=O) groups excluding carboxylic acids is 1. The molecule has 0 heterocycles. The standard InChI is InChI=1S/C17H25NO3/c19-14(18-17(15(20)21)2-1-3-17)10-16-7-11-4-12(8-16)6-13(5-11)9-16/h11-13H,1-10H2,(H,18,19)(H,20,21). The highest BCUT2D eigenvalue weighted by atomic mass is 16.4. The Balaban J connectivity index is 1.44. The number of amides is 1. The molecule has 5 fully saturated rings. The number of carboxylic acid groups (broad SMARTS) is 1. The molecule has 0 spiro atoms. The Bertz CT molecular complexity index is 445. The van der Waals surface area contributed by atoms with E-state index in [1.165, 1.54) is 38.5 Å². The molecule has 0 atom stereocenters. The second-order valence-electron chi connectivity index (χ2n) is 8.38. The molecule has 5 aliphatic carbocycles. The Morgan fingerprint density at radius 3 is 1.90 bits per heavy atom. The minimum absolute atomic E-state index is 0.0148. The van der Waals surface area contributed by atoms with E-state index in [0.29, 0.717) is 19.3 Å². The van der Waals surface area contributed by atoms with Crippen LogP contribution in [0.2, 0.25) is 0 Å². The molecular weight excluding hydrogens is 266 g/mol. The molecule has 0 aromatic carbocycles. The maximum absolute atomic E-state index is 12.5. The number of rotatable bonds is 4. The van der Waals surface area contributed by atoms with Gasteiger partial charge in [-0.25, -0.2) is 4.79 Å². The van der Waals surface area contributed by atoms with Crippen molar-refractivity contribution in [2.24, 2.45) is 23.2 Å². The maximum atomic E-state index is 12.5. The van der Waals surface area contributed by atoms with Crippen LogP contribution in [0.5, 0.6) is 0 Å². The highest BCUT2D eigenvalue weighted by molar-refractivity contribution is 5.88. The van der Waals surface area contributed by atoms with Crippen LogP contribution in [-0.2, 0) is 9.59 Å². The molecule has 0 unspecified atom stereocenters. The molecule has 5 aliphatic rings. The molecule has 0 saturated heterocycles. The summed E-state index contributed by atoms with van der Waals surface area (Å²) in [6, 6.07) is 0. The lowest BCUT2D eigenvalue weighted by molar-refractivity contribution is -0.153. The van der Waals surface area contributed by atoms with E-state index in [1.54, 1.807) is 0 Å². The maximum Gasteiger partial charge on any atom is 0.329 e. The summed E-state index contributed by atoms with van der Waals surface area (Å²) >= 11 is 0. The van der Waals surface area contributed by atoms with Crippen LogP contribution in [0.1, 0.15) is 64.2 Å². The molecule has 4 heteroatoms. The zero-order valence-electron chi connectivity index (χ0n) is 12.6. The number of hydrogen-bond donors (Lipinski definition) is 2. The SMILES string of the molecule is O=C(CC12CC3CC(CC(C3)C1)C2)NC1(C(=O)O)CCC1. The van der Waals surface area contributed by atoms with Gasteiger partial charge in [0.1, 0.15) is 5.54 Å². The molecule has 116 valence electrons. The summed E-state index contributed by atoms with van der Waals surface area (Å²) in [6.45, 7) is 0. The van der Waals surface area contributed by atoms with Crippen LogP contribution in [0.15, 0.2) is 0 Å². The zero-order valence-corrected chi connectivity index (χ0v) is 12.6. The van der Waals surface area contributed by atoms with E-state index >= 15 is 0 Å². The fraction of sp³-hybridized carbons (Fsp3) is 0.882. The van der Waals surface area contributed by atoms with E-state index in [1.807, 2.05) is 0 Å². The Kier molecular flexibility index (Phi) is 2.89. The van der Waals surface area contributed by atoms with Crippen molar-refractivity contribution >= 4 is 11.9 Å². The van der Waals surface area contributed by atoms with Gasteiger partial charge in [0.05, 0.1) is 0 Å². The molecule has 4 nitrogen and oxygen atoms in total. The predicted molar refractivity (Wildman–Crippen MR) is 77.6 cm³/mol. The highest BCUT2D eigenvalue weighted by Gasteiger charge is 2.52. The normalized spacial score (nSPS) is 42.4. The van der Waals surface area contributed by atoms with Crippen LogP contribution in [0, 0.1) is 23.2 Å². The summed E-state index contributed by atoms with van der Waals surface area (Å²) in [5.41, 5.74) is -0.748. The third kappa shape index (κ3) is 2.18. The second kappa shape index (κ2) is 4.47. The molecule has 0 aromatic rings. The lowest BCUT2D eigenvalue weighted by Gasteiger charge is -2.57. The van der Waals surface area contributed by atoms with Gasteiger partial charge in [0.2, 0.25) is 5.91 Å². The van der Waals surface area contributed by atoms with Crippen LogP contribution in [0.4, 0.5) is 0 Å². The van der Waals surface area contributed by atoms with Crippen LogP contribution >= 0.6 is 0 Å². The van der Waals surface area contributed by atoms with Gasteiger partial charge in [-0.15, -0.1) is 0 Å². The van der Waals surface area contributed by atoms with Gasteiger partial charge in [-0.3, -0.25) is 4.79 Å². The van der Waals surface area contributed by atoms with Gasteiger partial charge in [-0.1, -0.05) is 0 Å². The number of nitrogens with one attached hydrogen (secondary N) is 1. The highest BCUT2D eigenvalue weighted by Crippen LogP contribution is 2.61. The van der Waals surface area contributed by atoms with Gasteiger partial charge in [0.15, 0.2) is 0 Å². The van der Waals surface area contributed by atoms with Gasteiger partial charge in [0.25, 0.3) is 0 Å². The zero-order chi connectivity index (χ0) is 14.7. The molecule has 5 saturated carbocycles. The molecule has 0 aliphatic heterocycles. The van der Waals surface area contributed by atoms with Gasteiger partial charge in [-0.2, -0.15) is 0 Å². The van der Waals surface area contributed by atoms with Crippen molar-refractivity contribution in [1.82, 2.24) is 5.32 Å². The summed E-state index contributed by atoms with van der Waals surface area (Å²) in [7, 11) is 0. The van der Waals surface area contributed by atoms with Crippen molar-refractivity contribution in [3.63, 3.8) is 0 Å². The molecule has 2 N–H and O–H groups in total. The third-order valence-corrected chi connectivity index (χ3v) is 6.70. The summed E-state index contributed by atoms with van der Waals surface area (Å²) in [4.78, 5) is 23.9. The molecule has 4 bridgehead atoms. The van der Waals surface area contributed by atoms with Gasteiger partial charge in [-0.05, 0) is 81.0 Å². The lowest BCUT2D eigenvalue weighted by atomic mass is 9.49. The topological polar surface area (TPSA) is 66.4 Å². The van der Waals surface area contributed by atoms with Gasteiger partial charge >= 0.3 is 5.97 Å². The summed E-state index contributed by atoms with van der Waals surface area (Å²) in [5.74, 6) is 1.63. The van der Waals surface area contributed by atoms with Gasteiger partial charge < -0.3 is 10.4 Å². The summed E-state index contributed by atoms with van der Waals surface area (Å²) < 4.78 is 0. The Labute approximate surface area is 125 Å². The van der Waals surface area contributed by atoms with Crippen molar-refractivity contribution in [1.29, 1.82) is 0 Å². The van der Waals surface area contributed by atoms with Crippen LogP contribution < -0.4 is 5.32 Å². The average Bonchev–Trinajstić information content (AvgIpc) is 2.30. The number of aliphatic carboxylic acids is 1. The van der Waals surface area contributed by atoms with Crippen LogP contribution in [0.25, 0.3) is 0 Å². The number of hydrogen-bond acceptors (Lipinski definition) is 2. The van der Waals surface area contributed by atoms with E-state index < -0.39 is 11.5 Å². The predicted octanol–water partition coefficient (Wildman–Crippen LogP) is 2.72. The van der Waals surface area contributed by atoms with E-state index in [0.717, 1.165) is 24.2 Å². The molecule has 0 aromatic heterocycles. The first-order chi connectivity index (χ1) is 9.99. The van der Waals surface area contributed by atoms with Crippen molar-refractivity contribution in [2.75, 3.05) is 0 Å². The second-order valence-corrected chi connectivity index (χ2v) is 8.38. The first kappa shape index (κ1) is 13.6. The van der Waals surface area contributed by atoms with Crippen LogP contribution in [0.3, 0.4) is 0 Å². The number of carbonyl (C=O) groups is 2. The Morgan fingerprint density at radius 1 is 1.00 bits per heavy atom. The van der Waals surface area contributed by atoms with Crippen molar-refractivity contribution < 1.29 is 14.7 Å². The lowest BCUT2D eigenvalue weighted by Crippen LogP contribution is -2.60. The van der Waals surface area contributed by atoms with Crippen molar-refractivity contribution in [3.8, 4) is 0 Å². The van der Waals surface area contributed by atoms with Crippen LogP contribution in [-0.4, -0.2) is 22.5 Å². The first-order valence-corrected chi connectivity index (χ1v) is 8.53. The molecule has 0 radical (unpaired) electrons. The Morgan fingerprint density at radius 2 is 1.52 bits per heavy atom. The summed E-state index contributed by atoms with van der Waals surface area (Å²) in [6.07, 6.45) is 10.4. The minimum atomic E-state index is -0.945. The third-order valence-electron chi connectivity index (χ3n) is 6.70. The van der Waals surface area contributed by atoms with Gasteiger partial charge in [0, 0.05) is 6.42 Å². The molecular formula is C17H25NO3. The largest absolute Gasteiger partial charge is 0.480 e. The monoisotopic (exact) mass is 291 g/mol. The summed E-state index contributed by atoms with van der Waals surface area (Å²) in [5, 5.41) is 12.2. The van der Waals surface area contributed by atoms with Crippen molar-refractivity contribution in [3.05, 3.63) is 0 Å². The van der Waals surface area contributed by atoms with E-state index in [4.69, 9.17) is 0 Å².